The molecule has 1 aromatic rings. The van der Waals surface area contributed by atoms with Crippen LogP contribution in [0.3, 0.4) is 0 Å². The number of hydrogen-bond donors (Lipinski definition) is 0. The average Bonchev–Trinajstić information content (AvgIpc) is 2.24. The molecule has 0 aliphatic carbocycles. The number of carbonyl (C=O) groups excluding carboxylic acids is 1. The van der Waals surface area contributed by atoms with Crippen LogP contribution >= 0.6 is 27.5 Å². The predicted molar refractivity (Wildman–Crippen MR) is 66.3 cm³/mol. The van der Waals surface area contributed by atoms with E-state index in [1.807, 2.05) is 6.07 Å². The molecular formula is C11H10BrClN2O. The van der Waals surface area contributed by atoms with Crippen molar-refractivity contribution >= 4 is 33.4 Å². The fourth-order valence-electron chi connectivity index (χ4n) is 1.14. The summed E-state index contributed by atoms with van der Waals surface area (Å²) >= 11 is 9.11. The first kappa shape index (κ1) is 13.0. The Balaban J connectivity index is 3.01. The molecule has 3 nitrogen and oxygen atoms in total. The third kappa shape index (κ3) is 2.97. The van der Waals surface area contributed by atoms with Crippen LogP contribution in [0.4, 0.5) is 0 Å². The van der Waals surface area contributed by atoms with Crippen LogP contribution in [0.25, 0.3) is 0 Å². The van der Waals surface area contributed by atoms with Crippen LogP contribution in [0, 0.1) is 11.3 Å². The van der Waals surface area contributed by atoms with Gasteiger partial charge in [0, 0.05) is 22.1 Å². The standard InChI is InChI=1S/C11H10BrClN2O/c1-7(6-14)15(2)11(16)8-3-9(12)5-10(13)4-8/h3-5,7H,1-2H3. The van der Waals surface area contributed by atoms with E-state index in [0.29, 0.717) is 10.6 Å². The molecule has 0 aliphatic heterocycles. The first-order valence-electron chi connectivity index (χ1n) is 4.58. The second-order valence-electron chi connectivity index (χ2n) is 3.38. The SMILES string of the molecule is CC(C#N)N(C)C(=O)c1cc(Cl)cc(Br)c1. The lowest BCUT2D eigenvalue weighted by molar-refractivity contribution is 0.0773. The van der Waals surface area contributed by atoms with E-state index in [4.69, 9.17) is 16.9 Å². The van der Waals surface area contributed by atoms with E-state index >= 15 is 0 Å². The maximum absolute atomic E-state index is 11.9. The Labute approximate surface area is 108 Å². The Hall–Kier alpha value is -1.05. The van der Waals surface area contributed by atoms with E-state index in [1.54, 1.807) is 32.2 Å². The van der Waals surface area contributed by atoms with Crippen LogP contribution in [0.5, 0.6) is 0 Å². The summed E-state index contributed by atoms with van der Waals surface area (Å²) < 4.78 is 0.737. The Bertz CT molecular complexity index is 436. The van der Waals surface area contributed by atoms with Gasteiger partial charge in [0.2, 0.25) is 0 Å². The van der Waals surface area contributed by atoms with Crippen molar-refractivity contribution in [1.29, 1.82) is 5.26 Å². The number of benzene rings is 1. The Morgan fingerprint density at radius 3 is 2.69 bits per heavy atom. The normalized spacial score (nSPS) is 11.7. The number of halogens is 2. The zero-order valence-electron chi connectivity index (χ0n) is 8.87. The highest BCUT2D eigenvalue weighted by atomic mass is 79.9. The summed E-state index contributed by atoms with van der Waals surface area (Å²) in [6.45, 7) is 1.66. The van der Waals surface area contributed by atoms with E-state index < -0.39 is 6.04 Å². The minimum absolute atomic E-state index is 0.225. The minimum Gasteiger partial charge on any atom is -0.326 e. The second kappa shape index (κ2) is 5.33. The maximum atomic E-state index is 11.9. The molecule has 1 amide bonds. The number of hydrogen-bond acceptors (Lipinski definition) is 2. The zero-order valence-corrected chi connectivity index (χ0v) is 11.2. The fraction of sp³-hybridized carbons (Fsp3) is 0.273. The zero-order chi connectivity index (χ0) is 12.3. The summed E-state index contributed by atoms with van der Waals surface area (Å²) in [6, 6.07) is 6.49. The predicted octanol–water partition coefficient (Wildman–Crippen LogP) is 3.09. The smallest absolute Gasteiger partial charge is 0.254 e. The van der Waals surface area contributed by atoms with E-state index in [-0.39, 0.29) is 5.91 Å². The number of rotatable bonds is 2. The molecule has 0 heterocycles. The molecule has 1 rings (SSSR count). The Morgan fingerprint density at radius 2 is 2.19 bits per heavy atom. The van der Waals surface area contributed by atoms with Gasteiger partial charge >= 0.3 is 0 Å². The molecule has 0 saturated heterocycles. The lowest BCUT2D eigenvalue weighted by atomic mass is 10.2. The number of nitriles is 1. The summed E-state index contributed by atoms with van der Waals surface area (Å²) in [5.41, 5.74) is 0.462. The van der Waals surface area contributed by atoms with Crippen LogP contribution in [0.15, 0.2) is 22.7 Å². The van der Waals surface area contributed by atoms with E-state index in [2.05, 4.69) is 15.9 Å². The summed E-state index contributed by atoms with van der Waals surface area (Å²) in [7, 11) is 1.59. The number of nitrogens with zero attached hydrogens (tertiary/aromatic N) is 2. The van der Waals surface area contributed by atoms with Gasteiger partial charge in [-0.3, -0.25) is 4.79 Å². The van der Waals surface area contributed by atoms with Gasteiger partial charge in [0.15, 0.2) is 0 Å². The van der Waals surface area contributed by atoms with Crippen molar-refractivity contribution in [2.75, 3.05) is 7.05 Å². The molecule has 0 aliphatic rings. The van der Waals surface area contributed by atoms with E-state index in [0.717, 1.165) is 4.47 Å². The molecule has 0 saturated carbocycles. The first-order chi connectivity index (χ1) is 7.45. The fourth-order valence-corrected chi connectivity index (χ4v) is 2.00. The maximum Gasteiger partial charge on any atom is 0.254 e. The van der Waals surface area contributed by atoms with Gasteiger partial charge < -0.3 is 4.90 Å². The van der Waals surface area contributed by atoms with Gasteiger partial charge in [-0.1, -0.05) is 27.5 Å². The van der Waals surface area contributed by atoms with E-state index in [1.165, 1.54) is 4.90 Å². The highest BCUT2D eigenvalue weighted by molar-refractivity contribution is 9.10. The van der Waals surface area contributed by atoms with Gasteiger partial charge in [-0.05, 0) is 25.1 Å². The second-order valence-corrected chi connectivity index (χ2v) is 4.73. The van der Waals surface area contributed by atoms with Crippen LogP contribution < -0.4 is 0 Å². The van der Waals surface area contributed by atoms with Crippen molar-refractivity contribution in [3.8, 4) is 6.07 Å². The Kier molecular flexibility index (Phi) is 4.34. The molecule has 0 fully saturated rings. The minimum atomic E-state index is -0.467. The molecule has 5 heteroatoms. The molecule has 0 radical (unpaired) electrons. The van der Waals surface area contributed by atoms with Crippen molar-refractivity contribution in [3.63, 3.8) is 0 Å². The summed E-state index contributed by atoms with van der Waals surface area (Å²) in [5, 5.41) is 9.21. The third-order valence-corrected chi connectivity index (χ3v) is 2.87. The molecule has 0 spiro atoms. The topological polar surface area (TPSA) is 44.1 Å². The van der Waals surface area contributed by atoms with Gasteiger partial charge in [-0.2, -0.15) is 5.26 Å². The molecule has 0 bridgehead atoms. The average molecular weight is 302 g/mol. The Morgan fingerprint density at radius 1 is 1.56 bits per heavy atom. The quantitative estimate of drug-likeness (QED) is 0.842. The van der Waals surface area contributed by atoms with Crippen LogP contribution in [0.1, 0.15) is 17.3 Å². The monoisotopic (exact) mass is 300 g/mol. The van der Waals surface area contributed by atoms with E-state index in [9.17, 15) is 4.79 Å². The van der Waals surface area contributed by atoms with Crippen molar-refractivity contribution in [2.24, 2.45) is 0 Å². The third-order valence-electron chi connectivity index (χ3n) is 2.20. The highest BCUT2D eigenvalue weighted by Gasteiger charge is 2.17. The number of carbonyl (C=O) groups is 1. The van der Waals surface area contributed by atoms with Crippen molar-refractivity contribution in [1.82, 2.24) is 4.90 Å². The largest absolute Gasteiger partial charge is 0.326 e. The van der Waals surface area contributed by atoms with Crippen LogP contribution in [-0.4, -0.2) is 23.9 Å². The molecule has 16 heavy (non-hydrogen) atoms. The van der Waals surface area contributed by atoms with Gasteiger partial charge in [0.25, 0.3) is 5.91 Å². The summed E-state index contributed by atoms with van der Waals surface area (Å²) in [4.78, 5) is 13.3. The van der Waals surface area contributed by atoms with Crippen molar-refractivity contribution in [2.45, 2.75) is 13.0 Å². The highest BCUT2D eigenvalue weighted by Crippen LogP contribution is 2.20. The number of amides is 1. The van der Waals surface area contributed by atoms with Crippen LogP contribution in [-0.2, 0) is 0 Å². The molecule has 84 valence electrons. The molecular weight excluding hydrogens is 291 g/mol. The van der Waals surface area contributed by atoms with Crippen LogP contribution in [0.2, 0.25) is 5.02 Å². The molecule has 1 atom stereocenters. The van der Waals surface area contributed by atoms with Gasteiger partial charge in [0.05, 0.1) is 6.07 Å². The molecule has 1 aromatic carbocycles. The first-order valence-corrected chi connectivity index (χ1v) is 5.75. The summed E-state index contributed by atoms with van der Waals surface area (Å²) in [5.74, 6) is -0.225. The van der Waals surface area contributed by atoms with Crippen molar-refractivity contribution < 1.29 is 4.79 Å². The van der Waals surface area contributed by atoms with Gasteiger partial charge in [-0.15, -0.1) is 0 Å². The van der Waals surface area contributed by atoms with Gasteiger partial charge in [-0.25, -0.2) is 0 Å². The lowest BCUT2D eigenvalue weighted by Crippen LogP contribution is -2.34. The van der Waals surface area contributed by atoms with Gasteiger partial charge in [0.1, 0.15) is 6.04 Å². The lowest BCUT2D eigenvalue weighted by Gasteiger charge is -2.19. The molecule has 0 N–H and O–H groups in total. The van der Waals surface area contributed by atoms with Crippen molar-refractivity contribution in [3.05, 3.63) is 33.3 Å². The molecule has 0 aromatic heterocycles. The molecule has 1 unspecified atom stereocenters. The summed E-state index contributed by atoms with van der Waals surface area (Å²) in [6.07, 6.45) is 0.